The first-order valence-corrected chi connectivity index (χ1v) is 12.5. The largest absolute Gasteiger partial charge is 0.487 e. The summed E-state index contributed by atoms with van der Waals surface area (Å²) < 4.78 is 59.0. The minimum atomic E-state index is -3.99. The highest BCUT2D eigenvalue weighted by Gasteiger charge is 2.22. The van der Waals surface area contributed by atoms with Crippen molar-refractivity contribution in [3.05, 3.63) is 97.3 Å². The molecule has 0 spiro atoms. The van der Waals surface area contributed by atoms with E-state index in [1.807, 2.05) is 0 Å². The van der Waals surface area contributed by atoms with Gasteiger partial charge in [-0.15, -0.1) is 0 Å². The third-order valence-electron chi connectivity index (χ3n) is 5.33. The molecule has 0 atom stereocenters. The van der Waals surface area contributed by atoms with Crippen LogP contribution < -0.4 is 16.0 Å². The molecule has 0 saturated heterocycles. The van der Waals surface area contributed by atoms with Gasteiger partial charge in [-0.25, -0.2) is 26.6 Å². The molecule has 188 valence electrons. The lowest BCUT2D eigenvalue weighted by atomic mass is 10.2. The molecule has 2 aromatic carbocycles. The Bertz CT molecular complexity index is 1760. The molecule has 36 heavy (non-hydrogen) atoms. The number of ether oxygens (including phenoxy) is 1. The van der Waals surface area contributed by atoms with Crippen molar-refractivity contribution in [1.29, 1.82) is 0 Å². The number of hydrogen-bond acceptors (Lipinski definition) is 6. The van der Waals surface area contributed by atoms with Crippen molar-refractivity contribution in [2.45, 2.75) is 20.1 Å². The van der Waals surface area contributed by atoms with Gasteiger partial charge >= 0.3 is 5.69 Å². The number of pyridine rings is 1. The van der Waals surface area contributed by atoms with Gasteiger partial charge in [-0.1, -0.05) is 17.7 Å². The van der Waals surface area contributed by atoms with Crippen LogP contribution in [-0.4, -0.2) is 33.7 Å². The summed E-state index contributed by atoms with van der Waals surface area (Å²) in [6.45, 7) is 0.810. The molecule has 0 fully saturated rings. The number of fused-ring (bicyclic) bond motifs is 1. The molecule has 9 nitrogen and oxygen atoms in total. The van der Waals surface area contributed by atoms with E-state index in [0.29, 0.717) is 15.6 Å². The van der Waals surface area contributed by atoms with Crippen molar-refractivity contribution in [3.8, 4) is 5.75 Å². The molecule has 4 aromatic rings. The van der Waals surface area contributed by atoms with E-state index >= 15 is 0 Å². The molecule has 0 radical (unpaired) electrons. The average molecular weight is 538 g/mol. The Labute approximate surface area is 207 Å². The number of benzene rings is 2. The number of carbonyl (C=O) groups is 1. The Morgan fingerprint density at radius 1 is 1.06 bits per heavy atom. The van der Waals surface area contributed by atoms with Crippen LogP contribution in [0.25, 0.3) is 11.0 Å². The molecule has 0 amide bonds. The maximum absolute atomic E-state index is 13.8. The van der Waals surface area contributed by atoms with Crippen LogP contribution in [0, 0.1) is 11.6 Å². The highest BCUT2D eigenvalue weighted by atomic mass is 35.5. The highest BCUT2D eigenvalue weighted by molar-refractivity contribution is 7.89. The highest BCUT2D eigenvalue weighted by Crippen LogP contribution is 2.23. The first-order chi connectivity index (χ1) is 16.9. The predicted octanol–water partition coefficient (Wildman–Crippen LogP) is 2.99. The van der Waals surface area contributed by atoms with E-state index in [4.69, 9.17) is 16.3 Å². The van der Waals surface area contributed by atoms with E-state index < -0.39 is 38.8 Å². The zero-order valence-corrected chi connectivity index (χ0v) is 20.4. The third-order valence-corrected chi connectivity index (χ3v) is 6.70. The molecule has 0 aliphatic rings. The van der Waals surface area contributed by atoms with Crippen LogP contribution in [0.2, 0.25) is 5.02 Å². The van der Waals surface area contributed by atoms with Crippen molar-refractivity contribution >= 4 is 38.6 Å². The Balaban J connectivity index is 1.66. The monoisotopic (exact) mass is 537 g/mol. The van der Waals surface area contributed by atoms with Gasteiger partial charge in [0.2, 0.25) is 15.9 Å². The minimum absolute atomic E-state index is 0.00672. The predicted molar refractivity (Wildman–Crippen MR) is 128 cm³/mol. The molecule has 2 aromatic heterocycles. The van der Waals surface area contributed by atoms with Crippen molar-refractivity contribution in [2.24, 2.45) is 0 Å². The standard InChI is InChI=1S/C23H18ClF2N3O6S/c1-13(30)28-19-9-14(3-6-18(19)29(23(28)32)36(2,33)34)11-27-8-7-20(21(24)22(27)31)35-12-15-4-5-16(25)10-17(15)26/h3-10H,11-12H2,1-2H3. The lowest BCUT2D eigenvalue weighted by molar-refractivity contribution is 0.0937. The SMILES string of the molecule is CC(=O)n1c(=O)n(S(C)(=O)=O)c2ccc(Cn3ccc(OCc4ccc(F)cc4F)c(Cl)c3=O)cc21. The van der Waals surface area contributed by atoms with Gasteiger partial charge in [0.05, 0.1) is 23.8 Å². The number of halogens is 3. The summed E-state index contributed by atoms with van der Waals surface area (Å²) in [4.78, 5) is 37.4. The molecule has 4 rings (SSSR count). The summed E-state index contributed by atoms with van der Waals surface area (Å²) >= 11 is 6.16. The Morgan fingerprint density at radius 3 is 2.42 bits per heavy atom. The van der Waals surface area contributed by atoms with Gasteiger partial charge in [0.1, 0.15) is 29.0 Å². The summed E-state index contributed by atoms with van der Waals surface area (Å²) in [6.07, 6.45) is 2.23. The molecule has 0 aliphatic heterocycles. The molecule has 0 saturated carbocycles. The lowest BCUT2D eigenvalue weighted by Gasteiger charge is -2.12. The first kappa shape index (κ1) is 25.3. The molecule has 0 bridgehead atoms. The van der Waals surface area contributed by atoms with Crippen molar-refractivity contribution in [2.75, 3.05) is 6.26 Å². The van der Waals surface area contributed by atoms with Gasteiger partial charge < -0.3 is 9.30 Å². The van der Waals surface area contributed by atoms with Crippen LogP contribution >= 0.6 is 11.6 Å². The van der Waals surface area contributed by atoms with Crippen LogP contribution in [0.15, 0.2) is 58.3 Å². The van der Waals surface area contributed by atoms with Crippen molar-refractivity contribution in [1.82, 2.24) is 13.1 Å². The Hall–Kier alpha value is -3.77. The van der Waals surface area contributed by atoms with Crippen LogP contribution in [0.5, 0.6) is 5.75 Å². The number of hydrogen-bond donors (Lipinski definition) is 0. The van der Waals surface area contributed by atoms with Crippen LogP contribution in [-0.2, 0) is 23.2 Å². The quantitative estimate of drug-likeness (QED) is 0.374. The summed E-state index contributed by atoms with van der Waals surface area (Å²) in [6, 6.07) is 8.72. The van der Waals surface area contributed by atoms with E-state index in [1.54, 1.807) is 0 Å². The molecular formula is C23H18ClF2N3O6S. The van der Waals surface area contributed by atoms with Gasteiger partial charge in [0, 0.05) is 24.8 Å². The molecule has 2 heterocycles. The summed E-state index contributed by atoms with van der Waals surface area (Å²) in [7, 11) is -3.99. The Morgan fingerprint density at radius 2 is 1.78 bits per heavy atom. The van der Waals surface area contributed by atoms with Gasteiger partial charge in [-0.05, 0) is 35.9 Å². The minimum Gasteiger partial charge on any atom is -0.487 e. The van der Waals surface area contributed by atoms with E-state index in [1.165, 1.54) is 41.1 Å². The number of aromatic nitrogens is 3. The molecule has 0 unspecified atom stereocenters. The fourth-order valence-corrected chi connectivity index (χ4v) is 4.80. The fraction of sp³-hybridized carbons (Fsp3) is 0.174. The van der Waals surface area contributed by atoms with E-state index in [-0.39, 0.29) is 40.5 Å². The maximum atomic E-state index is 13.8. The van der Waals surface area contributed by atoms with Gasteiger partial charge in [-0.3, -0.25) is 9.59 Å². The van der Waals surface area contributed by atoms with Crippen molar-refractivity contribution < 1.29 is 26.7 Å². The normalized spacial score (nSPS) is 11.7. The molecule has 0 N–H and O–H groups in total. The van der Waals surface area contributed by atoms with Gasteiger partial charge in [0.15, 0.2) is 0 Å². The van der Waals surface area contributed by atoms with Crippen molar-refractivity contribution in [3.63, 3.8) is 0 Å². The molecule has 13 heteroatoms. The average Bonchev–Trinajstić information content (AvgIpc) is 3.09. The third kappa shape index (κ3) is 4.69. The number of imidazole rings is 1. The van der Waals surface area contributed by atoms with Crippen LogP contribution in [0.4, 0.5) is 8.78 Å². The van der Waals surface area contributed by atoms with E-state index in [9.17, 15) is 31.6 Å². The van der Waals surface area contributed by atoms with Gasteiger partial charge in [0.25, 0.3) is 5.56 Å². The molecule has 0 aliphatic carbocycles. The number of rotatable bonds is 6. The maximum Gasteiger partial charge on any atom is 0.349 e. The second kappa shape index (κ2) is 9.36. The second-order valence-electron chi connectivity index (χ2n) is 7.94. The summed E-state index contributed by atoms with van der Waals surface area (Å²) in [5.74, 6) is -2.22. The zero-order chi connectivity index (χ0) is 26.4. The second-order valence-corrected chi connectivity index (χ2v) is 10.1. The summed E-state index contributed by atoms with van der Waals surface area (Å²) in [5, 5.41) is -0.273. The Kier molecular flexibility index (Phi) is 6.58. The lowest BCUT2D eigenvalue weighted by Crippen LogP contribution is -2.31. The number of nitrogens with zero attached hydrogens (tertiary/aromatic N) is 3. The fourth-order valence-electron chi connectivity index (χ4n) is 3.70. The number of carbonyl (C=O) groups excluding carboxylic acids is 1. The topological polar surface area (TPSA) is 109 Å². The zero-order valence-electron chi connectivity index (χ0n) is 18.9. The van der Waals surface area contributed by atoms with Crippen LogP contribution in [0.3, 0.4) is 0 Å². The van der Waals surface area contributed by atoms with E-state index in [2.05, 4.69) is 0 Å². The smallest absolute Gasteiger partial charge is 0.349 e. The summed E-state index contributed by atoms with van der Waals surface area (Å²) in [5.41, 5.74) is -1.02. The first-order valence-electron chi connectivity index (χ1n) is 10.3. The van der Waals surface area contributed by atoms with Crippen LogP contribution in [0.1, 0.15) is 22.8 Å². The van der Waals surface area contributed by atoms with Gasteiger partial charge in [-0.2, -0.15) is 3.97 Å². The van der Waals surface area contributed by atoms with E-state index in [0.717, 1.165) is 23.8 Å². The molecular weight excluding hydrogens is 520 g/mol.